The Morgan fingerprint density at radius 2 is 1.65 bits per heavy atom. The topological polar surface area (TPSA) is 27.0 Å². The zero-order chi connectivity index (χ0) is 26.5. The van der Waals surface area contributed by atoms with Gasteiger partial charge in [-0.1, -0.05) is 83.8 Å². The SMILES string of the molecule is CC[C@H](C)CN(C)CC(C)(C)C.CCc1ccccc1C(F)(F)F.Cc1ccc(C#N)c(Cl)c1. The van der Waals surface area contributed by atoms with E-state index in [4.69, 9.17) is 16.9 Å². The Bertz CT molecular complexity index is 896. The molecule has 2 aromatic carbocycles. The molecule has 2 aromatic rings. The lowest BCUT2D eigenvalue weighted by molar-refractivity contribution is -0.138. The van der Waals surface area contributed by atoms with Gasteiger partial charge in [-0.05, 0) is 61.1 Å². The number of aryl methyl sites for hydroxylation is 2. The van der Waals surface area contributed by atoms with Crippen LogP contribution in [-0.2, 0) is 12.6 Å². The predicted molar refractivity (Wildman–Crippen MR) is 138 cm³/mol. The van der Waals surface area contributed by atoms with Crippen LogP contribution in [0.3, 0.4) is 0 Å². The predicted octanol–water partition coefficient (Wildman–Crippen LogP) is 8.80. The molecule has 0 N–H and O–H groups in total. The average Bonchev–Trinajstić information content (AvgIpc) is 2.72. The number of alkyl halides is 3. The van der Waals surface area contributed by atoms with Gasteiger partial charge in [-0.3, -0.25) is 0 Å². The third kappa shape index (κ3) is 13.6. The van der Waals surface area contributed by atoms with Crippen LogP contribution < -0.4 is 0 Å². The van der Waals surface area contributed by atoms with Gasteiger partial charge in [0.15, 0.2) is 0 Å². The lowest BCUT2D eigenvalue weighted by atomic mass is 9.95. The van der Waals surface area contributed by atoms with Crippen molar-refractivity contribution in [2.45, 2.75) is 67.5 Å². The Labute approximate surface area is 209 Å². The molecule has 190 valence electrons. The molecular weight excluding hydrogens is 457 g/mol. The molecule has 34 heavy (non-hydrogen) atoms. The maximum Gasteiger partial charge on any atom is 0.416 e. The zero-order valence-corrected chi connectivity index (χ0v) is 22.6. The van der Waals surface area contributed by atoms with Crippen LogP contribution in [0.5, 0.6) is 0 Å². The summed E-state index contributed by atoms with van der Waals surface area (Å²) in [7, 11) is 2.22. The summed E-state index contributed by atoms with van der Waals surface area (Å²) in [5.41, 5.74) is 1.87. The van der Waals surface area contributed by atoms with Gasteiger partial charge < -0.3 is 4.90 Å². The van der Waals surface area contributed by atoms with E-state index in [0.29, 0.717) is 28.0 Å². The fourth-order valence-corrected chi connectivity index (χ4v) is 3.63. The molecule has 0 saturated heterocycles. The van der Waals surface area contributed by atoms with Crippen molar-refractivity contribution in [1.82, 2.24) is 4.90 Å². The molecule has 0 heterocycles. The third-order valence-electron chi connectivity index (χ3n) is 5.01. The number of nitriles is 1. The van der Waals surface area contributed by atoms with Crippen LogP contribution in [-0.4, -0.2) is 25.0 Å². The Kier molecular flexibility index (Phi) is 14.2. The van der Waals surface area contributed by atoms with E-state index in [1.165, 1.54) is 31.6 Å². The van der Waals surface area contributed by atoms with Gasteiger partial charge in [-0.15, -0.1) is 0 Å². The molecule has 0 aliphatic rings. The monoisotopic (exact) mass is 496 g/mol. The maximum atomic E-state index is 12.2. The van der Waals surface area contributed by atoms with Gasteiger partial charge in [0.05, 0.1) is 16.1 Å². The summed E-state index contributed by atoms with van der Waals surface area (Å²) >= 11 is 5.71. The minimum Gasteiger partial charge on any atom is -0.306 e. The van der Waals surface area contributed by atoms with Gasteiger partial charge in [0, 0.05) is 13.1 Å². The first-order valence-electron chi connectivity index (χ1n) is 11.6. The summed E-state index contributed by atoms with van der Waals surface area (Å²) in [6.45, 7) is 17.5. The first-order chi connectivity index (χ1) is 15.6. The largest absolute Gasteiger partial charge is 0.416 e. The van der Waals surface area contributed by atoms with E-state index in [9.17, 15) is 13.2 Å². The summed E-state index contributed by atoms with van der Waals surface area (Å²) in [5.74, 6) is 0.831. The second-order valence-corrected chi connectivity index (χ2v) is 10.3. The van der Waals surface area contributed by atoms with Crippen molar-refractivity contribution >= 4 is 11.6 Å². The lowest BCUT2D eigenvalue weighted by Gasteiger charge is -2.28. The molecule has 2 rings (SSSR count). The van der Waals surface area contributed by atoms with Crippen molar-refractivity contribution in [3.8, 4) is 6.07 Å². The molecule has 0 unspecified atom stereocenters. The molecule has 1 atom stereocenters. The number of rotatable bonds is 5. The lowest BCUT2D eigenvalue weighted by Crippen LogP contribution is -2.32. The summed E-state index contributed by atoms with van der Waals surface area (Å²) < 4.78 is 36.7. The highest BCUT2D eigenvalue weighted by molar-refractivity contribution is 6.31. The standard InChI is InChI=1S/C11H25N.C9H9F3.C8H6ClN/c1-7-10(2)8-12(6)9-11(3,4)5;1-2-7-5-3-4-6-8(7)9(10,11)12;1-6-2-3-7(5-10)8(9)4-6/h10H,7-9H2,1-6H3;3-6H,2H2,1H3;2-4H,1H3/t10-;;/m0../s1. The Hall–Kier alpha value is -2.03. The number of benzene rings is 2. The van der Waals surface area contributed by atoms with E-state index in [2.05, 4.69) is 46.6 Å². The molecule has 0 bridgehead atoms. The molecule has 2 nitrogen and oxygen atoms in total. The van der Waals surface area contributed by atoms with Crippen molar-refractivity contribution in [2.75, 3.05) is 20.1 Å². The summed E-state index contributed by atoms with van der Waals surface area (Å²) in [5, 5.41) is 9.00. The zero-order valence-electron chi connectivity index (χ0n) is 21.9. The van der Waals surface area contributed by atoms with E-state index < -0.39 is 11.7 Å². The fourth-order valence-electron chi connectivity index (χ4n) is 3.35. The van der Waals surface area contributed by atoms with Crippen molar-refractivity contribution in [3.05, 3.63) is 69.7 Å². The van der Waals surface area contributed by atoms with E-state index >= 15 is 0 Å². The third-order valence-corrected chi connectivity index (χ3v) is 5.33. The molecule has 0 aromatic heterocycles. The van der Waals surface area contributed by atoms with Crippen LogP contribution in [0.25, 0.3) is 0 Å². The minimum absolute atomic E-state index is 0.352. The molecule has 6 heteroatoms. The molecule has 0 aliphatic heterocycles. The summed E-state index contributed by atoms with van der Waals surface area (Å²) in [4.78, 5) is 2.44. The van der Waals surface area contributed by atoms with Crippen molar-refractivity contribution in [3.63, 3.8) is 0 Å². The average molecular weight is 497 g/mol. The quantitative estimate of drug-likeness (QED) is 0.413. The van der Waals surface area contributed by atoms with Gasteiger partial charge in [0.2, 0.25) is 0 Å². The molecule has 0 radical (unpaired) electrons. The van der Waals surface area contributed by atoms with Crippen molar-refractivity contribution in [1.29, 1.82) is 5.26 Å². The van der Waals surface area contributed by atoms with Gasteiger partial charge in [-0.2, -0.15) is 18.4 Å². The van der Waals surface area contributed by atoms with Crippen LogP contribution >= 0.6 is 11.6 Å². The number of hydrogen-bond donors (Lipinski definition) is 0. The van der Waals surface area contributed by atoms with Crippen LogP contribution in [0.2, 0.25) is 5.02 Å². The highest BCUT2D eigenvalue weighted by atomic mass is 35.5. The molecule has 0 aliphatic carbocycles. The normalized spacial score (nSPS) is 12.1. The number of halogens is 4. The van der Waals surface area contributed by atoms with Gasteiger partial charge in [-0.25, -0.2) is 0 Å². The number of hydrogen-bond acceptors (Lipinski definition) is 2. The van der Waals surface area contributed by atoms with E-state index in [0.717, 1.165) is 17.5 Å². The Balaban J connectivity index is 0.000000482. The van der Waals surface area contributed by atoms with Crippen molar-refractivity contribution in [2.24, 2.45) is 11.3 Å². The Morgan fingerprint density at radius 3 is 2.06 bits per heavy atom. The highest BCUT2D eigenvalue weighted by Crippen LogP contribution is 2.31. The van der Waals surface area contributed by atoms with E-state index in [1.54, 1.807) is 25.1 Å². The molecule has 0 spiro atoms. The first-order valence-corrected chi connectivity index (χ1v) is 12.0. The Morgan fingerprint density at radius 1 is 1.06 bits per heavy atom. The molecular formula is C28H40ClF3N2. The van der Waals surface area contributed by atoms with Crippen LogP contribution in [0.4, 0.5) is 13.2 Å². The first kappa shape index (κ1) is 32.0. The number of nitrogens with zero attached hydrogens (tertiary/aromatic N) is 2. The second kappa shape index (κ2) is 15.1. The molecule has 0 saturated carbocycles. The summed E-state index contributed by atoms with van der Waals surface area (Å²) in [6, 6.07) is 13.0. The van der Waals surface area contributed by atoms with Crippen LogP contribution in [0, 0.1) is 29.6 Å². The highest BCUT2D eigenvalue weighted by Gasteiger charge is 2.32. The molecule has 0 amide bonds. The maximum absolute atomic E-state index is 12.2. The van der Waals surface area contributed by atoms with Gasteiger partial charge in [0.1, 0.15) is 6.07 Å². The van der Waals surface area contributed by atoms with Gasteiger partial charge >= 0.3 is 6.18 Å². The fraction of sp³-hybridized carbons (Fsp3) is 0.536. The van der Waals surface area contributed by atoms with E-state index in [-0.39, 0.29) is 0 Å². The van der Waals surface area contributed by atoms with Crippen molar-refractivity contribution < 1.29 is 13.2 Å². The van der Waals surface area contributed by atoms with Gasteiger partial charge in [0.25, 0.3) is 0 Å². The van der Waals surface area contributed by atoms with E-state index in [1.807, 2.05) is 19.1 Å². The van der Waals surface area contributed by atoms with Crippen LogP contribution in [0.1, 0.15) is 70.2 Å². The van der Waals surface area contributed by atoms with Crippen LogP contribution in [0.15, 0.2) is 42.5 Å². The molecule has 0 fully saturated rings. The smallest absolute Gasteiger partial charge is 0.306 e. The second-order valence-electron chi connectivity index (χ2n) is 9.87. The summed E-state index contributed by atoms with van der Waals surface area (Å²) in [6.07, 6.45) is -2.52. The minimum atomic E-state index is -4.22.